The predicted molar refractivity (Wildman–Crippen MR) is 127 cm³/mol. The maximum absolute atomic E-state index is 12.6. The molecule has 0 fully saturated rings. The van der Waals surface area contributed by atoms with Gasteiger partial charge in [-0.3, -0.25) is 9.20 Å². The molecule has 0 unspecified atom stereocenters. The summed E-state index contributed by atoms with van der Waals surface area (Å²) in [5.74, 6) is -0.532. The lowest BCUT2D eigenvalue weighted by Gasteiger charge is -2.11. The molecule has 0 aliphatic carbocycles. The van der Waals surface area contributed by atoms with Gasteiger partial charge in [0.25, 0.3) is 0 Å². The number of carbonyl (C=O) groups excluding carboxylic acids is 2. The normalized spacial score (nSPS) is 11.3. The molecule has 0 aliphatic heterocycles. The van der Waals surface area contributed by atoms with Crippen molar-refractivity contribution in [2.24, 2.45) is 0 Å². The molecule has 1 aromatic carbocycles. The number of amides is 1. The van der Waals surface area contributed by atoms with Crippen LogP contribution in [-0.2, 0) is 9.53 Å². The van der Waals surface area contributed by atoms with E-state index in [0.717, 1.165) is 39.0 Å². The minimum Gasteiger partial charge on any atom is -0.462 e. The largest absolute Gasteiger partial charge is 0.462 e. The molecule has 8 nitrogen and oxygen atoms in total. The number of thiazole rings is 1. The van der Waals surface area contributed by atoms with Crippen molar-refractivity contribution in [1.29, 1.82) is 0 Å². The molecule has 3 heterocycles. The van der Waals surface area contributed by atoms with Gasteiger partial charge in [0.2, 0.25) is 5.91 Å². The molecule has 10 heteroatoms. The van der Waals surface area contributed by atoms with E-state index in [4.69, 9.17) is 4.74 Å². The number of fused-ring (bicyclic) bond motifs is 3. The topological polar surface area (TPSA) is 98.5 Å². The molecule has 1 amide bonds. The fourth-order valence-electron chi connectivity index (χ4n) is 3.47. The van der Waals surface area contributed by atoms with Crippen LogP contribution < -0.4 is 5.32 Å². The average Bonchev–Trinajstić information content (AvgIpc) is 3.33. The highest BCUT2D eigenvalue weighted by Gasteiger charge is 2.19. The van der Waals surface area contributed by atoms with E-state index in [0.29, 0.717) is 20.9 Å². The third-order valence-electron chi connectivity index (χ3n) is 5.15. The van der Waals surface area contributed by atoms with Crippen molar-refractivity contribution in [2.45, 2.75) is 39.8 Å². The standard InChI is InChI=1S/C22H23N5O3S2/c1-6-30-20(29)18-14(5)23-21(32-18)24-16(28)10-31-22-26-25-19-12(3)9-15-8-7-11(2)13(4)17(15)27(19)22/h7-9H,6,10H2,1-5H3,(H,23,24,28). The Morgan fingerprint density at radius 3 is 2.69 bits per heavy atom. The van der Waals surface area contributed by atoms with Crippen LogP contribution in [0, 0.1) is 27.7 Å². The molecule has 1 N–H and O–H groups in total. The van der Waals surface area contributed by atoms with Crippen molar-refractivity contribution in [3.63, 3.8) is 0 Å². The van der Waals surface area contributed by atoms with Gasteiger partial charge in [0.1, 0.15) is 4.88 Å². The van der Waals surface area contributed by atoms with Gasteiger partial charge in [0, 0.05) is 0 Å². The van der Waals surface area contributed by atoms with Crippen LogP contribution in [0.5, 0.6) is 0 Å². The molecular weight excluding hydrogens is 446 g/mol. The molecule has 0 spiro atoms. The summed E-state index contributed by atoms with van der Waals surface area (Å²) < 4.78 is 7.05. The number of thioether (sulfide) groups is 1. The number of hydrogen-bond acceptors (Lipinski definition) is 8. The molecular formula is C22H23N5O3S2. The Bertz CT molecular complexity index is 1360. The Labute approximate surface area is 193 Å². The number of aromatic nitrogens is 4. The molecule has 0 saturated heterocycles. The summed E-state index contributed by atoms with van der Waals surface area (Å²) in [4.78, 5) is 29.2. The second-order valence-electron chi connectivity index (χ2n) is 7.41. The number of esters is 1. The molecule has 0 atom stereocenters. The molecule has 0 bridgehead atoms. The summed E-state index contributed by atoms with van der Waals surface area (Å²) in [5, 5.41) is 13.6. The Morgan fingerprint density at radius 1 is 1.16 bits per heavy atom. The van der Waals surface area contributed by atoms with Crippen molar-refractivity contribution in [3.05, 3.63) is 45.5 Å². The SMILES string of the molecule is CCOC(=O)c1sc(NC(=O)CSc2nnc3c(C)cc4ccc(C)c(C)c4n23)nc1C. The average molecular weight is 470 g/mol. The number of aryl methyl sites for hydroxylation is 4. The number of rotatable bonds is 6. The second kappa shape index (κ2) is 8.87. The first-order valence-corrected chi connectivity index (χ1v) is 11.9. The number of pyridine rings is 1. The highest BCUT2D eigenvalue weighted by molar-refractivity contribution is 7.99. The van der Waals surface area contributed by atoms with Crippen LogP contribution in [0.15, 0.2) is 23.4 Å². The molecule has 4 aromatic rings. The van der Waals surface area contributed by atoms with E-state index in [9.17, 15) is 9.59 Å². The number of benzene rings is 1. The monoisotopic (exact) mass is 469 g/mol. The molecule has 0 radical (unpaired) electrons. The molecule has 32 heavy (non-hydrogen) atoms. The number of hydrogen-bond donors (Lipinski definition) is 1. The fourth-order valence-corrected chi connectivity index (χ4v) is 5.09. The van der Waals surface area contributed by atoms with Crippen LogP contribution in [0.4, 0.5) is 5.13 Å². The lowest BCUT2D eigenvalue weighted by atomic mass is 10.0. The third kappa shape index (κ3) is 4.07. The van der Waals surface area contributed by atoms with Crippen LogP contribution in [-0.4, -0.2) is 43.8 Å². The zero-order chi connectivity index (χ0) is 23.0. The Balaban J connectivity index is 1.56. The maximum atomic E-state index is 12.6. The molecule has 4 rings (SSSR count). The Kier molecular flexibility index (Phi) is 6.16. The number of anilines is 1. The number of nitrogens with zero attached hydrogens (tertiary/aromatic N) is 4. The smallest absolute Gasteiger partial charge is 0.350 e. The van der Waals surface area contributed by atoms with Crippen LogP contribution in [0.25, 0.3) is 16.6 Å². The summed E-state index contributed by atoms with van der Waals surface area (Å²) >= 11 is 2.42. The lowest BCUT2D eigenvalue weighted by molar-refractivity contribution is -0.113. The zero-order valence-electron chi connectivity index (χ0n) is 18.5. The highest BCUT2D eigenvalue weighted by atomic mass is 32.2. The van der Waals surface area contributed by atoms with E-state index in [-0.39, 0.29) is 18.3 Å². The first-order chi connectivity index (χ1) is 15.3. The maximum Gasteiger partial charge on any atom is 0.350 e. The number of ether oxygens (including phenoxy) is 1. The molecule has 3 aromatic heterocycles. The minimum atomic E-state index is -0.430. The third-order valence-corrected chi connectivity index (χ3v) is 7.13. The Morgan fingerprint density at radius 2 is 1.94 bits per heavy atom. The summed E-state index contributed by atoms with van der Waals surface area (Å²) in [6.45, 7) is 9.91. The van der Waals surface area contributed by atoms with Crippen LogP contribution in [0.2, 0.25) is 0 Å². The molecule has 0 saturated carbocycles. The van der Waals surface area contributed by atoms with Crippen LogP contribution in [0.3, 0.4) is 0 Å². The summed E-state index contributed by atoms with van der Waals surface area (Å²) in [5.41, 5.74) is 5.73. The number of carbonyl (C=O) groups is 2. The first-order valence-electron chi connectivity index (χ1n) is 10.1. The van der Waals surface area contributed by atoms with Gasteiger partial charge in [0.05, 0.1) is 23.6 Å². The van der Waals surface area contributed by atoms with E-state index in [1.54, 1.807) is 13.8 Å². The van der Waals surface area contributed by atoms with E-state index in [1.807, 2.05) is 11.3 Å². The van der Waals surface area contributed by atoms with E-state index in [1.165, 1.54) is 17.3 Å². The van der Waals surface area contributed by atoms with Crippen LogP contribution in [0.1, 0.15) is 39.0 Å². The van der Waals surface area contributed by atoms with Gasteiger partial charge in [-0.25, -0.2) is 9.78 Å². The van der Waals surface area contributed by atoms with Crippen molar-refractivity contribution in [2.75, 3.05) is 17.7 Å². The first kappa shape index (κ1) is 22.2. The number of nitrogens with one attached hydrogen (secondary N) is 1. The van der Waals surface area contributed by atoms with Crippen molar-refractivity contribution >= 4 is 56.7 Å². The fraction of sp³-hybridized carbons (Fsp3) is 0.318. The second-order valence-corrected chi connectivity index (χ2v) is 9.35. The van der Waals surface area contributed by atoms with Gasteiger partial charge in [-0.1, -0.05) is 35.2 Å². The van der Waals surface area contributed by atoms with Gasteiger partial charge < -0.3 is 10.1 Å². The van der Waals surface area contributed by atoms with Gasteiger partial charge in [-0.15, -0.1) is 10.2 Å². The van der Waals surface area contributed by atoms with Gasteiger partial charge in [-0.05, 0) is 62.8 Å². The van der Waals surface area contributed by atoms with Crippen molar-refractivity contribution in [3.8, 4) is 0 Å². The van der Waals surface area contributed by atoms with Crippen molar-refractivity contribution in [1.82, 2.24) is 19.6 Å². The predicted octanol–water partition coefficient (Wildman–Crippen LogP) is 4.48. The van der Waals surface area contributed by atoms with E-state index >= 15 is 0 Å². The minimum absolute atomic E-state index is 0.133. The summed E-state index contributed by atoms with van der Waals surface area (Å²) in [6, 6.07) is 6.31. The highest BCUT2D eigenvalue weighted by Crippen LogP contribution is 2.29. The molecule has 166 valence electrons. The Hall–Kier alpha value is -2.98. The quantitative estimate of drug-likeness (QED) is 0.328. The van der Waals surface area contributed by atoms with Gasteiger partial charge in [-0.2, -0.15) is 0 Å². The van der Waals surface area contributed by atoms with Crippen LogP contribution >= 0.6 is 23.1 Å². The van der Waals surface area contributed by atoms with Gasteiger partial charge >= 0.3 is 5.97 Å². The molecule has 0 aliphatic rings. The summed E-state index contributed by atoms with van der Waals surface area (Å²) in [6.07, 6.45) is 0. The van der Waals surface area contributed by atoms with Gasteiger partial charge in [0.15, 0.2) is 15.9 Å². The van der Waals surface area contributed by atoms with E-state index in [2.05, 4.69) is 52.5 Å². The van der Waals surface area contributed by atoms with E-state index < -0.39 is 5.97 Å². The zero-order valence-corrected chi connectivity index (χ0v) is 20.1. The lowest BCUT2D eigenvalue weighted by Crippen LogP contribution is -2.14. The summed E-state index contributed by atoms with van der Waals surface area (Å²) in [7, 11) is 0. The van der Waals surface area contributed by atoms with Crippen molar-refractivity contribution < 1.29 is 14.3 Å².